The lowest BCUT2D eigenvalue weighted by Crippen LogP contribution is -2.00. The Morgan fingerprint density at radius 2 is 0.607 bits per heavy atom. The van der Waals surface area contributed by atoms with Gasteiger partial charge in [-0.15, -0.1) is 0 Å². The molecule has 0 atom stereocenters. The molecule has 5 heteroatoms. The zero-order chi connectivity index (χ0) is 37.3. The van der Waals surface area contributed by atoms with Crippen molar-refractivity contribution in [1.29, 1.82) is 0 Å². The molecule has 5 nitrogen and oxygen atoms in total. The van der Waals surface area contributed by atoms with Crippen LogP contribution in [0.3, 0.4) is 0 Å². The monoisotopic (exact) mass is 715 g/mol. The molecule has 0 aliphatic heterocycles. The van der Waals surface area contributed by atoms with Gasteiger partial charge in [0.25, 0.3) is 0 Å². The first kappa shape index (κ1) is 33.0. The molecule has 0 aliphatic rings. The molecule has 0 radical (unpaired) electrons. The van der Waals surface area contributed by atoms with Crippen LogP contribution in [0.5, 0.6) is 0 Å². The van der Waals surface area contributed by atoms with Gasteiger partial charge in [0, 0.05) is 63.4 Å². The summed E-state index contributed by atoms with van der Waals surface area (Å²) in [6.07, 6.45) is 7.73. The van der Waals surface area contributed by atoms with Crippen molar-refractivity contribution >= 4 is 21.5 Å². The van der Waals surface area contributed by atoms with Gasteiger partial charge >= 0.3 is 0 Å². The van der Waals surface area contributed by atoms with Crippen LogP contribution in [0.1, 0.15) is 0 Å². The van der Waals surface area contributed by atoms with Crippen LogP contribution < -0.4 is 0 Å². The predicted molar refractivity (Wildman–Crippen MR) is 228 cm³/mol. The molecule has 0 fully saturated rings. The number of pyridine rings is 2. The second kappa shape index (κ2) is 14.3. The molecule has 56 heavy (non-hydrogen) atoms. The molecule has 0 bridgehead atoms. The van der Waals surface area contributed by atoms with Gasteiger partial charge < -0.3 is 0 Å². The summed E-state index contributed by atoms with van der Waals surface area (Å²) in [4.78, 5) is 24.2. The molecule has 0 aliphatic carbocycles. The minimum absolute atomic E-state index is 0.609. The number of nitrogens with zero attached hydrogens (tertiary/aromatic N) is 5. The third-order valence-corrected chi connectivity index (χ3v) is 10.3. The van der Waals surface area contributed by atoms with Gasteiger partial charge in [-0.05, 0) is 62.4 Å². The summed E-state index contributed by atoms with van der Waals surface area (Å²) >= 11 is 0. The van der Waals surface area contributed by atoms with Gasteiger partial charge in [0.05, 0.1) is 0 Å². The maximum Gasteiger partial charge on any atom is 0.164 e. The summed E-state index contributed by atoms with van der Waals surface area (Å²) < 4.78 is 0. The van der Waals surface area contributed by atoms with E-state index < -0.39 is 0 Å². The van der Waals surface area contributed by atoms with E-state index >= 15 is 0 Å². The van der Waals surface area contributed by atoms with Crippen LogP contribution in [0.4, 0.5) is 0 Å². The molecule has 0 unspecified atom stereocenters. The van der Waals surface area contributed by atoms with Crippen LogP contribution in [-0.2, 0) is 0 Å². The molecule has 0 amide bonds. The highest BCUT2D eigenvalue weighted by Gasteiger charge is 2.16. The van der Waals surface area contributed by atoms with Gasteiger partial charge in [-0.25, -0.2) is 15.0 Å². The lowest BCUT2D eigenvalue weighted by atomic mass is 9.93. The van der Waals surface area contributed by atoms with Crippen LogP contribution in [0.25, 0.3) is 100 Å². The highest BCUT2D eigenvalue weighted by Crippen LogP contribution is 2.36. The maximum absolute atomic E-state index is 5.10. The highest BCUT2D eigenvalue weighted by atomic mass is 15.0. The quantitative estimate of drug-likeness (QED) is 0.164. The molecule has 0 saturated carbocycles. The van der Waals surface area contributed by atoms with Crippen molar-refractivity contribution in [2.24, 2.45) is 0 Å². The molecule has 3 heterocycles. The van der Waals surface area contributed by atoms with Crippen molar-refractivity contribution in [1.82, 2.24) is 24.9 Å². The number of hydrogen-bond acceptors (Lipinski definition) is 5. The topological polar surface area (TPSA) is 64.5 Å². The lowest BCUT2D eigenvalue weighted by Gasteiger charge is -2.13. The summed E-state index contributed by atoms with van der Waals surface area (Å²) in [6.45, 7) is 0. The summed E-state index contributed by atoms with van der Waals surface area (Å²) in [6, 6.07) is 61.1. The largest absolute Gasteiger partial charge is 0.263 e. The van der Waals surface area contributed by atoms with Gasteiger partial charge in [-0.3, -0.25) is 9.97 Å². The first-order valence-corrected chi connectivity index (χ1v) is 18.6. The van der Waals surface area contributed by atoms with Crippen LogP contribution in [0.15, 0.2) is 201 Å². The van der Waals surface area contributed by atoms with E-state index in [1.807, 2.05) is 97.6 Å². The van der Waals surface area contributed by atoms with Gasteiger partial charge in [0.15, 0.2) is 17.5 Å². The average Bonchev–Trinajstić information content (AvgIpc) is 3.29. The summed E-state index contributed by atoms with van der Waals surface area (Å²) in [5, 5.41) is 4.61. The zero-order valence-corrected chi connectivity index (χ0v) is 30.3. The Bertz CT molecular complexity index is 2790. The van der Waals surface area contributed by atoms with E-state index in [0.29, 0.717) is 17.5 Å². The minimum Gasteiger partial charge on any atom is -0.263 e. The van der Waals surface area contributed by atoms with Gasteiger partial charge in [0.1, 0.15) is 0 Å². The van der Waals surface area contributed by atoms with Gasteiger partial charge in [0.2, 0.25) is 0 Å². The summed E-state index contributed by atoms with van der Waals surface area (Å²) in [5.74, 6) is 1.86. The van der Waals surface area contributed by atoms with Crippen molar-refractivity contribution in [3.63, 3.8) is 0 Å². The number of aromatic nitrogens is 5. The van der Waals surface area contributed by atoms with Crippen LogP contribution in [0.2, 0.25) is 0 Å². The molecule has 0 saturated heterocycles. The number of benzene rings is 7. The fourth-order valence-corrected chi connectivity index (χ4v) is 7.41. The van der Waals surface area contributed by atoms with Crippen molar-refractivity contribution in [3.8, 4) is 78.7 Å². The molecule has 0 N–H and O–H groups in total. The van der Waals surface area contributed by atoms with Crippen molar-refractivity contribution in [2.45, 2.75) is 0 Å². The number of hydrogen-bond donors (Lipinski definition) is 0. The molecule has 10 aromatic rings. The van der Waals surface area contributed by atoms with E-state index in [0.717, 1.165) is 72.0 Å². The Labute approximate surface area is 324 Å². The first-order valence-electron chi connectivity index (χ1n) is 18.6. The Hall–Kier alpha value is -7.63. The second-order valence-corrected chi connectivity index (χ2v) is 13.8. The van der Waals surface area contributed by atoms with E-state index in [2.05, 4.69) is 113 Å². The van der Waals surface area contributed by atoms with Crippen LogP contribution in [-0.4, -0.2) is 24.9 Å². The normalized spacial score (nSPS) is 11.2. The zero-order valence-electron chi connectivity index (χ0n) is 30.3. The van der Waals surface area contributed by atoms with Crippen LogP contribution >= 0.6 is 0 Å². The van der Waals surface area contributed by atoms with Gasteiger partial charge in [-0.2, -0.15) is 0 Å². The SMILES string of the molecule is c1ccc(-c2nc(-c3ccccc3)nc(-c3cc(-c4ccc(-c5cncc6ccccc56)cc4)cc(-c4ccc(-c5cncc6ccccc56)cc4)c3)n2)cc1. The summed E-state index contributed by atoms with van der Waals surface area (Å²) in [7, 11) is 0. The molecule has 7 aromatic carbocycles. The fourth-order valence-electron chi connectivity index (χ4n) is 7.41. The van der Waals surface area contributed by atoms with E-state index in [-0.39, 0.29) is 0 Å². The molecule has 262 valence electrons. The highest BCUT2D eigenvalue weighted by molar-refractivity contribution is 5.97. The number of fused-ring (bicyclic) bond motifs is 2. The maximum atomic E-state index is 5.10. The van der Waals surface area contributed by atoms with E-state index in [1.165, 1.54) is 10.8 Å². The molecule has 0 spiro atoms. The third kappa shape index (κ3) is 6.37. The summed E-state index contributed by atoms with van der Waals surface area (Å²) in [5.41, 5.74) is 11.5. The van der Waals surface area contributed by atoms with Crippen molar-refractivity contribution in [2.75, 3.05) is 0 Å². The fraction of sp³-hybridized carbons (Fsp3) is 0. The minimum atomic E-state index is 0.609. The average molecular weight is 716 g/mol. The van der Waals surface area contributed by atoms with Crippen molar-refractivity contribution < 1.29 is 0 Å². The third-order valence-electron chi connectivity index (χ3n) is 10.3. The Balaban J connectivity index is 1.12. The Morgan fingerprint density at radius 1 is 0.250 bits per heavy atom. The second-order valence-electron chi connectivity index (χ2n) is 13.8. The van der Waals surface area contributed by atoms with E-state index in [4.69, 9.17) is 15.0 Å². The molecular formula is C51H33N5. The Kier molecular flexibility index (Phi) is 8.43. The molecular weight excluding hydrogens is 683 g/mol. The smallest absolute Gasteiger partial charge is 0.164 e. The molecule has 10 rings (SSSR count). The Morgan fingerprint density at radius 3 is 1.05 bits per heavy atom. The van der Waals surface area contributed by atoms with Gasteiger partial charge in [-0.1, -0.05) is 158 Å². The van der Waals surface area contributed by atoms with E-state index in [1.54, 1.807) is 0 Å². The lowest BCUT2D eigenvalue weighted by molar-refractivity contribution is 1.07. The predicted octanol–water partition coefficient (Wildman–Crippen LogP) is 12.6. The molecule has 3 aromatic heterocycles. The van der Waals surface area contributed by atoms with Crippen molar-refractivity contribution in [3.05, 3.63) is 201 Å². The first-order chi connectivity index (χ1) is 27.7. The number of rotatable bonds is 7. The van der Waals surface area contributed by atoms with Crippen LogP contribution in [0, 0.1) is 0 Å². The standard InChI is InChI=1S/C51H33N5/c1-3-11-38(12-4-1)49-54-50(39-13-5-2-6-14-39)56-51(55-49)44-28-42(34-19-23-36(24-20-34)47-32-52-30-40-15-7-9-17-45(40)47)27-43(29-44)35-21-25-37(26-22-35)48-33-53-31-41-16-8-10-18-46(41)48/h1-33H. The van der Waals surface area contributed by atoms with E-state index in [9.17, 15) is 0 Å².